The number of nitrogens with two attached hydrogens (primary N) is 1. The van der Waals surface area contributed by atoms with Crippen molar-refractivity contribution in [3.8, 4) is 0 Å². The molecule has 0 radical (unpaired) electrons. The van der Waals surface area contributed by atoms with Crippen LogP contribution >= 0.6 is 0 Å². The highest BCUT2D eigenvalue weighted by molar-refractivity contribution is 5.75. The van der Waals surface area contributed by atoms with Gasteiger partial charge < -0.3 is 15.2 Å². The van der Waals surface area contributed by atoms with Gasteiger partial charge in [-0.3, -0.25) is 4.79 Å². The van der Waals surface area contributed by atoms with E-state index in [-0.39, 0.29) is 11.6 Å². The van der Waals surface area contributed by atoms with Gasteiger partial charge in [-0.25, -0.2) is 0 Å². The second-order valence-corrected chi connectivity index (χ2v) is 6.25. The third kappa shape index (κ3) is 3.69. The van der Waals surface area contributed by atoms with E-state index in [2.05, 4.69) is 6.92 Å². The Bertz CT molecular complexity index is 291. The van der Waals surface area contributed by atoms with Gasteiger partial charge in [0.1, 0.15) is 0 Å². The zero-order chi connectivity index (χ0) is 13.8. The highest BCUT2D eigenvalue weighted by Crippen LogP contribution is 2.35. The zero-order valence-electron chi connectivity index (χ0n) is 12.1. The zero-order valence-corrected chi connectivity index (χ0v) is 12.1. The lowest BCUT2D eigenvalue weighted by molar-refractivity contribution is -0.161. The van der Waals surface area contributed by atoms with E-state index >= 15 is 0 Å². The molecule has 1 aliphatic carbocycles. The molecule has 2 unspecified atom stereocenters. The van der Waals surface area contributed by atoms with E-state index in [4.69, 9.17) is 15.2 Å². The molecule has 0 aromatic heterocycles. The predicted molar refractivity (Wildman–Crippen MR) is 71.2 cm³/mol. The van der Waals surface area contributed by atoms with Gasteiger partial charge in [0.25, 0.3) is 0 Å². The first-order valence-electron chi connectivity index (χ1n) is 6.78. The maximum absolute atomic E-state index is 11.6. The average Bonchev–Trinajstić information content (AvgIpc) is 2.35. The molecule has 4 nitrogen and oxygen atoms in total. The van der Waals surface area contributed by atoms with Crippen molar-refractivity contribution < 1.29 is 14.3 Å². The smallest absolute Gasteiger partial charge is 0.313 e. The van der Waals surface area contributed by atoms with Crippen molar-refractivity contribution >= 4 is 5.97 Å². The summed E-state index contributed by atoms with van der Waals surface area (Å²) in [5.74, 6) is 0.405. The van der Waals surface area contributed by atoms with E-state index in [1.165, 1.54) is 13.5 Å². The van der Waals surface area contributed by atoms with Gasteiger partial charge in [0.15, 0.2) is 0 Å². The van der Waals surface area contributed by atoms with Crippen LogP contribution in [0.4, 0.5) is 0 Å². The molecular formula is C14H27NO3. The maximum atomic E-state index is 11.6. The Balaban J connectivity index is 2.61. The van der Waals surface area contributed by atoms with Crippen molar-refractivity contribution in [2.24, 2.45) is 17.1 Å². The van der Waals surface area contributed by atoms with Crippen molar-refractivity contribution in [2.45, 2.75) is 52.1 Å². The first-order valence-corrected chi connectivity index (χ1v) is 6.78. The number of methoxy groups -OCH3 is 1. The fraction of sp³-hybridized carbons (Fsp3) is 0.929. The first kappa shape index (κ1) is 15.4. The third-order valence-corrected chi connectivity index (χ3v) is 3.90. The fourth-order valence-electron chi connectivity index (χ4n) is 2.66. The summed E-state index contributed by atoms with van der Waals surface area (Å²) in [6.45, 7) is 6.81. The van der Waals surface area contributed by atoms with Crippen LogP contribution in [0.25, 0.3) is 0 Å². The van der Waals surface area contributed by atoms with Gasteiger partial charge in [0, 0.05) is 6.54 Å². The Labute approximate surface area is 110 Å². The summed E-state index contributed by atoms with van der Waals surface area (Å²) < 4.78 is 10.8. The minimum absolute atomic E-state index is 0.237. The quantitative estimate of drug-likeness (QED) is 0.766. The predicted octanol–water partition coefficient (Wildman–Crippen LogP) is 2.11. The Kier molecular flexibility index (Phi) is 5.17. The van der Waals surface area contributed by atoms with Crippen LogP contribution < -0.4 is 5.73 Å². The summed E-state index contributed by atoms with van der Waals surface area (Å²) in [4.78, 5) is 11.6. The van der Waals surface area contributed by atoms with Gasteiger partial charge in [-0.2, -0.15) is 0 Å². The van der Waals surface area contributed by atoms with Crippen LogP contribution in [-0.4, -0.2) is 31.8 Å². The summed E-state index contributed by atoms with van der Waals surface area (Å²) in [5, 5.41) is 0. The molecule has 1 aliphatic rings. The molecule has 2 atom stereocenters. The summed E-state index contributed by atoms with van der Waals surface area (Å²) in [6.07, 6.45) is 4.37. The molecule has 0 aliphatic heterocycles. The molecule has 1 saturated carbocycles. The van der Waals surface area contributed by atoms with Crippen LogP contribution in [-0.2, 0) is 14.3 Å². The molecular weight excluding hydrogens is 230 g/mol. The molecule has 1 rings (SSSR count). The highest BCUT2D eigenvalue weighted by atomic mass is 16.5. The van der Waals surface area contributed by atoms with E-state index in [0.29, 0.717) is 19.1 Å². The molecule has 0 saturated heterocycles. The monoisotopic (exact) mass is 257 g/mol. The van der Waals surface area contributed by atoms with Gasteiger partial charge >= 0.3 is 5.97 Å². The number of hydrogen-bond acceptors (Lipinski definition) is 4. The van der Waals surface area contributed by atoms with Crippen LogP contribution in [0, 0.1) is 11.3 Å². The summed E-state index contributed by atoms with van der Waals surface area (Å²) >= 11 is 0. The molecule has 2 N–H and O–H groups in total. The maximum Gasteiger partial charge on any atom is 0.313 e. The molecule has 0 spiro atoms. The van der Waals surface area contributed by atoms with E-state index in [1.54, 1.807) is 0 Å². The van der Waals surface area contributed by atoms with Crippen LogP contribution in [0.1, 0.15) is 46.5 Å². The Hall–Kier alpha value is -0.610. The lowest BCUT2D eigenvalue weighted by atomic mass is 9.78. The SMILES string of the molecule is COC(=O)C(C)(C)COC1(CN)CCCC(C)C1. The van der Waals surface area contributed by atoms with Crippen molar-refractivity contribution in [3.63, 3.8) is 0 Å². The molecule has 106 valence electrons. The molecule has 0 heterocycles. The Morgan fingerprint density at radius 1 is 1.50 bits per heavy atom. The number of ether oxygens (including phenoxy) is 2. The molecule has 4 heteroatoms. The van der Waals surface area contributed by atoms with E-state index < -0.39 is 5.41 Å². The van der Waals surface area contributed by atoms with Crippen molar-refractivity contribution in [1.82, 2.24) is 0 Å². The van der Waals surface area contributed by atoms with Gasteiger partial charge in [0.05, 0.1) is 24.7 Å². The molecule has 0 aromatic rings. The van der Waals surface area contributed by atoms with E-state index in [1.807, 2.05) is 13.8 Å². The number of carbonyl (C=O) groups is 1. The molecule has 0 aromatic carbocycles. The van der Waals surface area contributed by atoms with Crippen molar-refractivity contribution in [1.29, 1.82) is 0 Å². The summed E-state index contributed by atoms with van der Waals surface area (Å²) in [5.41, 5.74) is 5.04. The van der Waals surface area contributed by atoms with E-state index in [9.17, 15) is 4.79 Å². The second kappa shape index (κ2) is 6.02. The first-order chi connectivity index (χ1) is 8.35. The molecule has 0 amide bonds. The number of esters is 1. The summed E-state index contributed by atoms with van der Waals surface area (Å²) in [6, 6.07) is 0. The standard InChI is InChI=1S/C14H27NO3/c1-11-6-5-7-14(8-11,9-15)18-10-13(2,3)12(16)17-4/h11H,5-10,15H2,1-4H3. The fourth-order valence-corrected chi connectivity index (χ4v) is 2.66. The number of hydrogen-bond donors (Lipinski definition) is 1. The summed E-state index contributed by atoms with van der Waals surface area (Å²) in [7, 11) is 1.41. The molecule has 1 fully saturated rings. The minimum atomic E-state index is -0.613. The van der Waals surface area contributed by atoms with Crippen LogP contribution in [0.3, 0.4) is 0 Å². The largest absolute Gasteiger partial charge is 0.469 e. The van der Waals surface area contributed by atoms with Gasteiger partial charge in [-0.05, 0) is 32.6 Å². The topological polar surface area (TPSA) is 61.5 Å². The van der Waals surface area contributed by atoms with E-state index in [0.717, 1.165) is 19.3 Å². The average molecular weight is 257 g/mol. The minimum Gasteiger partial charge on any atom is -0.469 e. The van der Waals surface area contributed by atoms with Crippen molar-refractivity contribution in [3.05, 3.63) is 0 Å². The molecule has 0 bridgehead atoms. The lowest BCUT2D eigenvalue weighted by Gasteiger charge is -2.40. The number of rotatable bonds is 5. The van der Waals surface area contributed by atoms with Crippen LogP contribution in [0.15, 0.2) is 0 Å². The second-order valence-electron chi connectivity index (χ2n) is 6.25. The Morgan fingerprint density at radius 2 is 2.17 bits per heavy atom. The van der Waals surface area contributed by atoms with Gasteiger partial charge in [-0.15, -0.1) is 0 Å². The Morgan fingerprint density at radius 3 is 2.67 bits per heavy atom. The van der Waals surface area contributed by atoms with Crippen molar-refractivity contribution in [2.75, 3.05) is 20.3 Å². The number of carbonyl (C=O) groups excluding carboxylic acids is 1. The molecule has 18 heavy (non-hydrogen) atoms. The van der Waals surface area contributed by atoms with Gasteiger partial charge in [-0.1, -0.05) is 19.8 Å². The van der Waals surface area contributed by atoms with Crippen LogP contribution in [0.2, 0.25) is 0 Å². The normalized spacial score (nSPS) is 29.1. The lowest BCUT2D eigenvalue weighted by Crippen LogP contribution is -2.47. The van der Waals surface area contributed by atoms with Gasteiger partial charge in [0.2, 0.25) is 0 Å². The highest BCUT2D eigenvalue weighted by Gasteiger charge is 2.38. The third-order valence-electron chi connectivity index (χ3n) is 3.90. The van der Waals surface area contributed by atoms with Crippen LogP contribution in [0.5, 0.6) is 0 Å².